The summed E-state index contributed by atoms with van der Waals surface area (Å²) in [4.78, 5) is 12.4. The molecule has 2 aliphatic rings. The fourth-order valence-electron chi connectivity index (χ4n) is 3.47. The van der Waals surface area contributed by atoms with Crippen molar-refractivity contribution in [3.8, 4) is 0 Å². The second-order valence-electron chi connectivity index (χ2n) is 7.22. The van der Waals surface area contributed by atoms with E-state index in [0.29, 0.717) is 16.6 Å². The lowest BCUT2D eigenvalue weighted by Gasteiger charge is -2.18. The predicted molar refractivity (Wildman–Crippen MR) is 102 cm³/mol. The van der Waals surface area contributed by atoms with Crippen molar-refractivity contribution in [2.24, 2.45) is 11.8 Å². The Kier molecular flexibility index (Phi) is 4.78. The first kappa shape index (κ1) is 16.6. The number of amides is 1. The van der Waals surface area contributed by atoms with E-state index in [-0.39, 0.29) is 5.91 Å². The van der Waals surface area contributed by atoms with Gasteiger partial charge >= 0.3 is 0 Å². The molecule has 25 heavy (non-hydrogen) atoms. The van der Waals surface area contributed by atoms with Crippen LogP contribution in [0.25, 0.3) is 0 Å². The van der Waals surface area contributed by atoms with Crippen molar-refractivity contribution in [3.63, 3.8) is 0 Å². The normalized spacial score (nSPS) is 16.9. The molecule has 0 aliphatic heterocycles. The summed E-state index contributed by atoms with van der Waals surface area (Å²) in [6.07, 6.45) is 5.51. The predicted octanol–water partition coefficient (Wildman–Crippen LogP) is 4.87. The summed E-state index contributed by atoms with van der Waals surface area (Å²) in [5, 5.41) is 7.16. The van der Waals surface area contributed by atoms with Crippen molar-refractivity contribution in [2.75, 3.05) is 5.32 Å². The largest absolute Gasteiger partial charge is 0.322 e. The lowest BCUT2D eigenvalue weighted by atomic mass is 10.1. The molecule has 0 aromatic heterocycles. The van der Waals surface area contributed by atoms with Gasteiger partial charge in [-0.3, -0.25) is 4.79 Å². The molecule has 2 aromatic rings. The standard InChI is InChI=1S/C21H23ClN2O/c22-19-7-2-1-6-18(19)21(25)24-17-5-3-4-14(12-17)13-23-20(15-8-9-15)16-10-11-16/h1-7,12,15-16,20,23H,8-11,13H2,(H,24,25). The Labute approximate surface area is 153 Å². The van der Waals surface area contributed by atoms with Gasteiger partial charge in [-0.05, 0) is 67.3 Å². The highest BCUT2D eigenvalue weighted by atomic mass is 35.5. The quantitative estimate of drug-likeness (QED) is 0.744. The van der Waals surface area contributed by atoms with E-state index in [2.05, 4.69) is 16.7 Å². The first-order valence-corrected chi connectivity index (χ1v) is 9.47. The molecule has 0 saturated heterocycles. The molecule has 2 aromatic carbocycles. The smallest absolute Gasteiger partial charge is 0.257 e. The molecule has 0 spiro atoms. The van der Waals surface area contributed by atoms with E-state index in [9.17, 15) is 4.79 Å². The van der Waals surface area contributed by atoms with E-state index in [1.807, 2.05) is 30.3 Å². The minimum Gasteiger partial charge on any atom is -0.322 e. The summed E-state index contributed by atoms with van der Waals surface area (Å²) >= 11 is 6.10. The van der Waals surface area contributed by atoms with E-state index in [1.165, 1.54) is 31.2 Å². The first-order chi connectivity index (χ1) is 12.2. The van der Waals surface area contributed by atoms with Crippen LogP contribution in [0, 0.1) is 11.8 Å². The van der Waals surface area contributed by atoms with Crippen molar-refractivity contribution in [2.45, 2.75) is 38.3 Å². The molecule has 2 N–H and O–H groups in total. The van der Waals surface area contributed by atoms with Crippen LogP contribution in [-0.4, -0.2) is 11.9 Å². The van der Waals surface area contributed by atoms with E-state index in [0.717, 1.165) is 24.1 Å². The highest BCUT2D eigenvalue weighted by molar-refractivity contribution is 6.34. The van der Waals surface area contributed by atoms with Gasteiger partial charge in [-0.1, -0.05) is 35.9 Å². The van der Waals surface area contributed by atoms with Crippen LogP contribution in [0.2, 0.25) is 5.02 Å². The minimum atomic E-state index is -0.176. The summed E-state index contributed by atoms with van der Waals surface area (Å²) in [7, 11) is 0. The van der Waals surface area contributed by atoms with Gasteiger partial charge in [0.15, 0.2) is 0 Å². The molecule has 2 aliphatic carbocycles. The SMILES string of the molecule is O=C(Nc1cccc(CNC(C2CC2)C2CC2)c1)c1ccccc1Cl. The number of rotatable bonds is 7. The third-order valence-corrected chi connectivity index (χ3v) is 5.43. The molecule has 0 atom stereocenters. The Morgan fingerprint density at radius 2 is 1.76 bits per heavy atom. The fraction of sp³-hybridized carbons (Fsp3) is 0.381. The number of hydrogen-bond acceptors (Lipinski definition) is 2. The Hall–Kier alpha value is -1.84. The van der Waals surface area contributed by atoms with Gasteiger partial charge in [-0.15, -0.1) is 0 Å². The van der Waals surface area contributed by atoms with Crippen LogP contribution in [0.4, 0.5) is 5.69 Å². The van der Waals surface area contributed by atoms with Crippen molar-refractivity contribution < 1.29 is 4.79 Å². The topological polar surface area (TPSA) is 41.1 Å². The van der Waals surface area contributed by atoms with Crippen molar-refractivity contribution >= 4 is 23.2 Å². The summed E-state index contributed by atoms with van der Waals surface area (Å²) in [6.45, 7) is 0.855. The fourth-order valence-corrected chi connectivity index (χ4v) is 3.69. The zero-order chi connectivity index (χ0) is 17.2. The molecule has 130 valence electrons. The Bertz CT molecular complexity index is 756. The zero-order valence-electron chi connectivity index (χ0n) is 14.2. The molecule has 4 rings (SSSR count). The molecule has 0 unspecified atom stereocenters. The van der Waals surface area contributed by atoms with Crippen molar-refractivity contribution in [1.29, 1.82) is 0 Å². The van der Waals surface area contributed by atoms with Crippen LogP contribution < -0.4 is 10.6 Å². The summed E-state index contributed by atoms with van der Waals surface area (Å²) < 4.78 is 0. The molecule has 0 bridgehead atoms. The third-order valence-electron chi connectivity index (χ3n) is 5.10. The average Bonchev–Trinajstić information content (AvgIpc) is 3.50. The summed E-state index contributed by atoms with van der Waals surface area (Å²) in [6, 6.07) is 15.8. The van der Waals surface area contributed by atoms with E-state index in [4.69, 9.17) is 11.6 Å². The van der Waals surface area contributed by atoms with Crippen LogP contribution >= 0.6 is 11.6 Å². The van der Waals surface area contributed by atoms with Crippen molar-refractivity contribution in [1.82, 2.24) is 5.32 Å². The number of carbonyl (C=O) groups is 1. The number of nitrogens with one attached hydrogen (secondary N) is 2. The van der Waals surface area contributed by atoms with E-state index in [1.54, 1.807) is 12.1 Å². The minimum absolute atomic E-state index is 0.176. The molecular formula is C21H23ClN2O. The first-order valence-electron chi connectivity index (χ1n) is 9.09. The van der Waals surface area contributed by atoms with Crippen molar-refractivity contribution in [3.05, 3.63) is 64.7 Å². The third kappa shape index (κ3) is 4.23. The lowest BCUT2D eigenvalue weighted by molar-refractivity contribution is 0.102. The Morgan fingerprint density at radius 3 is 2.44 bits per heavy atom. The van der Waals surface area contributed by atoms with Gasteiger partial charge < -0.3 is 10.6 Å². The van der Waals surface area contributed by atoms with Crippen LogP contribution in [0.1, 0.15) is 41.6 Å². The highest BCUT2D eigenvalue weighted by Gasteiger charge is 2.40. The molecule has 0 heterocycles. The maximum Gasteiger partial charge on any atom is 0.257 e. The lowest BCUT2D eigenvalue weighted by Crippen LogP contribution is -2.32. The van der Waals surface area contributed by atoms with Crippen LogP contribution in [0.3, 0.4) is 0 Å². The molecule has 3 nitrogen and oxygen atoms in total. The van der Waals surface area contributed by atoms with E-state index >= 15 is 0 Å². The van der Waals surface area contributed by atoms with Gasteiger partial charge in [0.2, 0.25) is 0 Å². The maximum absolute atomic E-state index is 12.4. The second-order valence-corrected chi connectivity index (χ2v) is 7.62. The number of anilines is 1. The van der Waals surface area contributed by atoms with Gasteiger partial charge in [-0.2, -0.15) is 0 Å². The Balaban J connectivity index is 1.39. The van der Waals surface area contributed by atoms with Gasteiger partial charge in [0.05, 0.1) is 10.6 Å². The number of benzene rings is 2. The summed E-state index contributed by atoms with van der Waals surface area (Å²) in [5.74, 6) is 1.59. The molecule has 2 fully saturated rings. The summed E-state index contributed by atoms with van der Waals surface area (Å²) in [5.41, 5.74) is 2.50. The number of halogens is 1. The van der Waals surface area contributed by atoms with Crippen LogP contribution in [-0.2, 0) is 6.54 Å². The molecule has 4 heteroatoms. The molecule has 2 saturated carbocycles. The zero-order valence-corrected chi connectivity index (χ0v) is 14.9. The number of hydrogen-bond donors (Lipinski definition) is 2. The Morgan fingerprint density at radius 1 is 1.04 bits per heavy atom. The number of carbonyl (C=O) groups excluding carboxylic acids is 1. The highest BCUT2D eigenvalue weighted by Crippen LogP contribution is 2.44. The molecular weight excluding hydrogens is 332 g/mol. The van der Waals surface area contributed by atoms with E-state index < -0.39 is 0 Å². The average molecular weight is 355 g/mol. The molecule has 0 radical (unpaired) electrons. The molecule has 1 amide bonds. The van der Waals surface area contributed by atoms with Gasteiger partial charge in [-0.25, -0.2) is 0 Å². The second kappa shape index (κ2) is 7.19. The van der Waals surface area contributed by atoms with Crippen LogP contribution in [0.5, 0.6) is 0 Å². The maximum atomic E-state index is 12.4. The van der Waals surface area contributed by atoms with Crippen LogP contribution in [0.15, 0.2) is 48.5 Å². The van der Waals surface area contributed by atoms with Gasteiger partial charge in [0.1, 0.15) is 0 Å². The monoisotopic (exact) mass is 354 g/mol. The van der Waals surface area contributed by atoms with Gasteiger partial charge in [0, 0.05) is 18.3 Å². The van der Waals surface area contributed by atoms with Gasteiger partial charge in [0.25, 0.3) is 5.91 Å².